The smallest absolute Gasteiger partial charge is 0.255 e. The molecular formula is C14H16N4O. The Balaban J connectivity index is 2.25. The maximum absolute atomic E-state index is 12.2. The molecule has 0 aromatic carbocycles. The Kier molecular flexibility index (Phi) is 3.75. The fraction of sp³-hybridized carbons (Fsp3) is 0.214. The molecule has 1 amide bonds. The first kappa shape index (κ1) is 13.0. The number of carbonyl (C=O) groups excluding carboxylic acids is 1. The van der Waals surface area contributed by atoms with E-state index in [1.807, 2.05) is 19.9 Å². The number of nitrogens with two attached hydrogens (primary N) is 1. The van der Waals surface area contributed by atoms with Crippen LogP contribution in [0.2, 0.25) is 0 Å². The van der Waals surface area contributed by atoms with E-state index in [2.05, 4.69) is 15.3 Å². The molecule has 0 aliphatic heterocycles. The van der Waals surface area contributed by atoms with E-state index in [1.54, 1.807) is 24.5 Å². The van der Waals surface area contributed by atoms with Gasteiger partial charge in [-0.15, -0.1) is 0 Å². The molecular weight excluding hydrogens is 240 g/mol. The molecule has 0 unspecified atom stereocenters. The van der Waals surface area contributed by atoms with Crippen LogP contribution < -0.4 is 11.1 Å². The van der Waals surface area contributed by atoms with E-state index >= 15 is 0 Å². The molecule has 2 aromatic heterocycles. The molecule has 0 saturated heterocycles. The molecule has 19 heavy (non-hydrogen) atoms. The number of aromatic nitrogens is 2. The Morgan fingerprint density at radius 3 is 2.89 bits per heavy atom. The quantitative estimate of drug-likeness (QED) is 0.882. The zero-order valence-electron chi connectivity index (χ0n) is 11.0. The van der Waals surface area contributed by atoms with Gasteiger partial charge in [-0.25, -0.2) is 4.98 Å². The second kappa shape index (κ2) is 5.48. The maximum Gasteiger partial charge on any atom is 0.255 e. The van der Waals surface area contributed by atoms with Crippen LogP contribution in [0.4, 0.5) is 11.5 Å². The Labute approximate surface area is 111 Å². The van der Waals surface area contributed by atoms with Gasteiger partial charge in [0.1, 0.15) is 5.82 Å². The number of nitrogens with zero attached hydrogens (tertiary/aromatic N) is 2. The zero-order chi connectivity index (χ0) is 13.8. The summed E-state index contributed by atoms with van der Waals surface area (Å²) in [5.41, 5.74) is 8.65. The zero-order valence-corrected chi connectivity index (χ0v) is 11.0. The summed E-state index contributed by atoms with van der Waals surface area (Å²) in [7, 11) is 0. The summed E-state index contributed by atoms with van der Waals surface area (Å²) >= 11 is 0. The molecule has 2 aromatic rings. The van der Waals surface area contributed by atoms with Crippen molar-refractivity contribution in [2.24, 2.45) is 0 Å². The van der Waals surface area contributed by atoms with Gasteiger partial charge in [0.25, 0.3) is 5.91 Å². The number of nitrogen functional groups attached to an aromatic ring is 1. The Bertz CT molecular complexity index is 610. The van der Waals surface area contributed by atoms with Crippen LogP contribution in [0.3, 0.4) is 0 Å². The van der Waals surface area contributed by atoms with Crippen molar-refractivity contribution in [3.05, 3.63) is 47.4 Å². The third-order valence-corrected chi connectivity index (χ3v) is 2.81. The molecule has 0 atom stereocenters. The van der Waals surface area contributed by atoms with Gasteiger partial charge >= 0.3 is 0 Å². The summed E-state index contributed by atoms with van der Waals surface area (Å²) in [5.74, 6) is 0.146. The van der Waals surface area contributed by atoms with Gasteiger partial charge in [0.2, 0.25) is 0 Å². The average Bonchev–Trinajstić information content (AvgIpc) is 2.40. The van der Waals surface area contributed by atoms with Crippen molar-refractivity contribution in [3.8, 4) is 0 Å². The van der Waals surface area contributed by atoms with Crippen LogP contribution in [0, 0.1) is 6.92 Å². The number of rotatable bonds is 3. The molecule has 0 bridgehead atoms. The molecule has 0 aliphatic rings. The van der Waals surface area contributed by atoms with Gasteiger partial charge in [-0.1, -0.05) is 6.92 Å². The molecule has 2 rings (SSSR count). The predicted molar refractivity (Wildman–Crippen MR) is 75.0 cm³/mol. The summed E-state index contributed by atoms with van der Waals surface area (Å²) in [4.78, 5) is 20.3. The molecule has 5 nitrogen and oxygen atoms in total. The average molecular weight is 256 g/mol. The fourth-order valence-electron chi connectivity index (χ4n) is 1.71. The SMILES string of the molecule is CCc1cc(C(=O)Nc2cnccc2C)cc(N)n1. The number of hydrogen-bond donors (Lipinski definition) is 2. The molecule has 3 N–H and O–H groups in total. The number of carbonyl (C=O) groups is 1. The fourth-order valence-corrected chi connectivity index (χ4v) is 1.71. The first-order valence-corrected chi connectivity index (χ1v) is 6.08. The second-order valence-electron chi connectivity index (χ2n) is 4.27. The predicted octanol–water partition coefficient (Wildman–Crippen LogP) is 2.18. The molecule has 2 heterocycles. The van der Waals surface area contributed by atoms with Crippen LogP contribution in [-0.2, 0) is 6.42 Å². The van der Waals surface area contributed by atoms with Crippen LogP contribution in [-0.4, -0.2) is 15.9 Å². The molecule has 0 aliphatic carbocycles. The summed E-state index contributed by atoms with van der Waals surface area (Å²) in [5, 5.41) is 2.82. The molecule has 0 saturated carbocycles. The van der Waals surface area contributed by atoms with Crippen LogP contribution in [0.15, 0.2) is 30.6 Å². The number of pyridine rings is 2. The number of nitrogens with one attached hydrogen (secondary N) is 1. The number of hydrogen-bond acceptors (Lipinski definition) is 4. The van der Waals surface area contributed by atoms with E-state index < -0.39 is 0 Å². The highest BCUT2D eigenvalue weighted by Gasteiger charge is 2.10. The van der Waals surface area contributed by atoms with Crippen molar-refractivity contribution < 1.29 is 4.79 Å². The first-order chi connectivity index (χ1) is 9.10. The highest BCUT2D eigenvalue weighted by molar-refractivity contribution is 6.05. The largest absolute Gasteiger partial charge is 0.384 e. The topological polar surface area (TPSA) is 80.9 Å². The lowest BCUT2D eigenvalue weighted by atomic mass is 10.1. The minimum atomic E-state index is -0.208. The van der Waals surface area contributed by atoms with Gasteiger partial charge in [0, 0.05) is 17.5 Å². The maximum atomic E-state index is 12.2. The molecule has 0 spiro atoms. The Morgan fingerprint density at radius 2 is 2.21 bits per heavy atom. The highest BCUT2D eigenvalue weighted by atomic mass is 16.1. The minimum Gasteiger partial charge on any atom is -0.384 e. The number of aryl methyl sites for hydroxylation is 2. The highest BCUT2D eigenvalue weighted by Crippen LogP contribution is 2.15. The summed E-state index contributed by atoms with van der Waals surface area (Å²) in [6, 6.07) is 5.16. The van der Waals surface area contributed by atoms with Gasteiger partial charge in [0.05, 0.1) is 11.9 Å². The lowest BCUT2D eigenvalue weighted by Crippen LogP contribution is -2.14. The van der Waals surface area contributed by atoms with Gasteiger partial charge < -0.3 is 11.1 Å². The molecule has 98 valence electrons. The van der Waals surface area contributed by atoms with E-state index in [0.29, 0.717) is 17.1 Å². The summed E-state index contributed by atoms with van der Waals surface area (Å²) in [6.07, 6.45) is 4.04. The van der Waals surface area contributed by atoms with Crippen LogP contribution >= 0.6 is 0 Å². The number of amides is 1. The lowest BCUT2D eigenvalue weighted by Gasteiger charge is -2.08. The van der Waals surface area contributed by atoms with Crippen molar-refractivity contribution >= 4 is 17.4 Å². The molecule has 5 heteroatoms. The van der Waals surface area contributed by atoms with Crippen molar-refractivity contribution in [3.63, 3.8) is 0 Å². The van der Waals surface area contributed by atoms with Gasteiger partial charge in [-0.05, 0) is 37.1 Å². The Hall–Kier alpha value is -2.43. The van der Waals surface area contributed by atoms with Crippen LogP contribution in [0.1, 0.15) is 28.5 Å². The standard InChI is InChI=1S/C14H16N4O/c1-3-11-6-10(7-13(15)17-11)14(19)18-12-8-16-5-4-9(12)2/h4-8H,3H2,1-2H3,(H2,15,17)(H,18,19). The van der Waals surface area contributed by atoms with Gasteiger partial charge in [-0.2, -0.15) is 0 Å². The van der Waals surface area contributed by atoms with Crippen LogP contribution in [0.5, 0.6) is 0 Å². The third-order valence-electron chi connectivity index (χ3n) is 2.81. The monoisotopic (exact) mass is 256 g/mol. The van der Waals surface area contributed by atoms with E-state index in [1.165, 1.54) is 0 Å². The van der Waals surface area contributed by atoms with Gasteiger partial charge in [0.15, 0.2) is 0 Å². The lowest BCUT2D eigenvalue weighted by molar-refractivity contribution is 0.102. The van der Waals surface area contributed by atoms with Crippen molar-refractivity contribution in [1.29, 1.82) is 0 Å². The molecule has 0 fully saturated rings. The third kappa shape index (κ3) is 3.07. The Morgan fingerprint density at radius 1 is 1.42 bits per heavy atom. The second-order valence-corrected chi connectivity index (χ2v) is 4.27. The van der Waals surface area contributed by atoms with E-state index in [9.17, 15) is 4.79 Å². The number of anilines is 2. The van der Waals surface area contributed by atoms with E-state index in [-0.39, 0.29) is 5.91 Å². The minimum absolute atomic E-state index is 0.208. The first-order valence-electron chi connectivity index (χ1n) is 6.08. The van der Waals surface area contributed by atoms with Gasteiger partial charge in [-0.3, -0.25) is 9.78 Å². The summed E-state index contributed by atoms with van der Waals surface area (Å²) in [6.45, 7) is 3.88. The summed E-state index contributed by atoms with van der Waals surface area (Å²) < 4.78 is 0. The van der Waals surface area contributed by atoms with Crippen molar-refractivity contribution in [2.45, 2.75) is 20.3 Å². The van der Waals surface area contributed by atoms with Crippen LogP contribution in [0.25, 0.3) is 0 Å². The van der Waals surface area contributed by atoms with Crippen molar-refractivity contribution in [1.82, 2.24) is 9.97 Å². The normalized spacial score (nSPS) is 10.2. The van der Waals surface area contributed by atoms with E-state index in [4.69, 9.17) is 5.73 Å². The molecule has 0 radical (unpaired) electrons. The van der Waals surface area contributed by atoms with E-state index in [0.717, 1.165) is 17.7 Å². The van der Waals surface area contributed by atoms with Crippen molar-refractivity contribution in [2.75, 3.05) is 11.1 Å².